The van der Waals surface area contributed by atoms with Crippen LogP contribution in [-0.2, 0) is 6.42 Å². The number of piperazine rings is 1. The number of para-hydroxylation sites is 4. The molecule has 1 saturated heterocycles. The lowest BCUT2D eigenvalue weighted by Gasteiger charge is -2.38. The summed E-state index contributed by atoms with van der Waals surface area (Å²) >= 11 is 0. The van der Waals surface area contributed by atoms with Gasteiger partial charge in [-0.15, -0.1) is 0 Å². The Morgan fingerprint density at radius 3 is 2.14 bits per heavy atom. The Kier molecular flexibility index (Phi) is 10.2. The van der Waals surface area contributed by atoms with Gasteiger partial charge >= 0.3 is 6.03 Å². The van der Waals surface area contributed by atoms with Crippen LogP contribution in [0.5, 0.6) is 11.5 Å². The van der Waals surface area contributed by atoms with Gasteiger partial charge < -0.3 is 35.2 Å². The van der Waals surface area contributed by atoms with Crippen molar-refractivity contribution in [3.05, 3.63) is 108 Å². The topological polar surface area (TPSA) is 95.2 Å². The SMILES string of the molecule is CCOc1ccccc1NC(=O)Nc1ccc(N2CCN(c3ccccc3OC)CC2)c(C(=O)NCCc2ccccc2)c1. The van der Waals surface area contributed by atoms with E-state index < -0.39 is 6.03 Å². The van der Waals surface area contributed by atoms with E-state index in [9.17, 15) is 9.59 Å². The maximum absolute atomic E-state index is 13.6. The highest BCUT2D eigenvalue weighted by Crippen LogP contribution is 2.31. The number of hydrogen-bond donors (Lipinski definition) is 3. The Morgan fingerprint density at radius 1 is 0.750 bits per heavy atom. The minimum absolute atomic E-state index is 0.186. The summed E-state index contributed by atoms with van der Waals surface area (Å²) in [7, 11) is 1.69. The molecule has 1 aliphatic heterocycles. The van der Waals surface area contributed by atoms with Gasteiger partial charge in [0.2, 0.25) is 0 Å². The number of hydrogen-bond acceptors (Lipinski definition) is 6. The second-order valence-electron chi connectivity index (χ2n) is 10.4. The third kappa shape index (κ3) is 7.60. The lowest BCUT2D eigenvalue weighted by Crippen LogP contribution is -2.47. The number of benzene rings is 4. The van der Waals surface area contributed by atoms with Crippen LogP contribution < -0.4 is 35.2 Å². The Balaban J connectivity index is 1.32. The second kappa shape index (κ2) is 14.8. The van der Waals surface area contributed by atoms with Crippen molar-refractivity contribution in [2.75, 3.05) is 66.9 Å². The molecule has 228 valence electrons. The minimum Gasteiger partial charge on any atom is -0.495 e. The van der Waals surface area contributed by atoms with Gasteiger partial charge in [0, 0.05) is 44.1 Å². The Hall–Kier alpha value is -5.18. The third-order valence-electron chi connectivity index (χ3n) is 7.52. The van der Waals surface area contributed by atoms with E-state index in [4.69, 9.17) is 9.47 Å². The summed E-state index contributed by atoms with van der Waals surface area (Å²) in [6.45, 7) is 5.87. The van der Waals surface area contributed by atoms with Crippen molar-refractivity contribution in [3.63, 3.8) is 0 Å². The molecule has 9 heteroatoms. The molecule has 0 saturated carbocycles. The highest BCUT2D eigenvalue weighted by Gasteiger charge is 2.24. The highest BCUT2D eigenvalue weighted by molar-refractivity contribution is 6.04. The molecule has 0 radical (unpaired) electrons. The molecule has 0 spiro atoms. The van der Waals surface area contributed by atoms with Gasteiger partial charge in [-0.3, -0.25) is 4.79 Å². The average molecular weight is 594 g/mol. The Labute approximate surface area is 258 Å². The highest BCUT2D eigenvalue weighted by atomic mass is 16.5. The van der Waals surface area contributed by atoms with Crippen molar-refractivity contribution in [3.8, 4) is 11.5 Å². The summed E-state index contributed by atoms with van der Waals surface area (Å²) < 4.78 is 11.2. The monoisotopic (exact) mass is 593 g/mol. The fraction of sp³-hybridized carbons (Fsp3) is 0.257. The molecule has 3 N–H and O–H groups in total. The second-order valence-corrected chi connectivity index (χ2v) is 10.4. The van der Waals surface area contributed by atoms with Crippen LogP contribution in [0.2, 0.25) is 0 Å². The van der Waals surface area contributed by atoms with Crippen LogP contribution in [0.25, 0.3) is 0 Å². The first-order valence-corrected chi connectivity index (χ1v) is 14.9. The number of carbonyl (C=O) groups excluding carboxylic acids is 2. The molecule has 0 unspecified atom stereocenters. The van der Waals surface area contributed by atoms with Crippen LogP contribution in [0.4, 0.5) is 27.5 Å². The average Bonchev–Trinajstić information content (AvgIpc) is 3.06. The van der Waals surface area contributed by atoms with Gasteiger partial charge in [-0.05, 0) is 61.4 Å². The number of ether oxygens (including phenoxy) is 2. The largest absolute Gasteiger partial charge is 0.495 e. The standard InChI is InChI=1S/C35H39N5O4/c1-3-44-32-15-9-7-13-29(32)38-35(42)37-27-17-18-30(28(25-27)34(41)36-20-19-26-11-5-4-6-12-26)39-21-23-40(24-22-39)31-14-8-10-16-33(31)43-2/h4-18,25H,3,19-24H2,1-2H3,(H,36,41)(H2,37,38,42). The summed E-state index contributed by atoms with van der Waals surface area (Å²) in [5.41, 5.74) is 4.63. The van der Waals surface area contributed by atoms with E-state index in [2.05, 4.69) is 31.8 Å². The molecule has 4 aromatic carbocycles. The number of rotatable bonds is 11. The molecule has 3 amide bonds. The van der Waals surface area contributed by atoms with Gasteiger partial charge in [0.05, 0.1) is 30.7 Å². The molecule has 5 rings (SSSR count). The third-order valence-corrected chi connectivity index (χ3v) is 7.52. The summed E-state index contributed by atoms with van der Waals surface area (Å²) in [6, 6.07) is 30.4. The van der Waals surface area contributed by atoms with Crippen molar-refractivity contribution in [2.45, 2.75) is 13.3 Å². The number of methoxy groups -OCH3 is 1. The smallest absolute Gasteiger partial charge is 0.323 e. The van der Waals surface area contributed by atoms with Gasteiger partial charge in [-0.25, -0.2) is 4.79 Å². The van der Waals surface area contributed by atoms with Crippen LogP contribution in [0.15, 0.2) is 97.1 Å². The van der Waals surface area contributed by atoms with Crippen molar-refractivity contribution in [1.82, 2.24) is 5.32 Å². The van der Waals surface area contributed by atoms with E-state index in [0.717, 1.165) is 55.3 Å². The van der Waals surface area contributed by atoms with Gasteiger partial charge in [0.1, 0.15) is 11.5 Å². The molecule has 1 heterocycles. The number of carbonyl (C=O) groups is 2. The zero-order valence-corrected chi connectivity index (χ0v) is 25.2. The first-order valence-electron chi connectivity index (χ1n) is 14.9. The molecule has 0 atom stereocenters. The zero-order valence-electron chi connectivity index (χ0n) is 25.2. The fourth-order valence-corrected chi connectivity index (χ4v) is 5.35. The van der Waals surface area contributed by atoms with Gasteiger partial charge in [0.15, 0.2) is 0 Å². The van der Waals surface area contributed by atoms with Crippen molar-refractivity contribution in [2.24, 2.45) is 0 Å². The molecule has 4 aromatic rings. The van der Waals surface area contributed by atoms with Crippen LogP contribution in [0, 0.1) is 0 Å². The van der Waals surface area contributed by atoms with E-state index in [1.165, 1.54) is 0 Å². The normalized spacial score (nSPS) is 12.8. The van der Waals surface area contributed by atoms with E-state index >= 15 is 0 Å². The molecule has 1 fully saturated rings. The van der Waals surface area contributed by atoms with Crippen LogP contribution in [0.1, 0.15) is 22.8 Å². The minimum atomic E-state index is -0.425. The number of amides is 3. The van der Waals surface area contributed by atoms with Crippen molar-refractivity contribution < 1.29 is 19.1 Å². The summed E-state index contributed by atoms with van der Waals surface area (Å²) in [5, 5.41) is 8.81. The quantitative estimate of drug-likeness (QED) is 0.196. The predicted octanol–water partition coefficient (Wildman–Crippen LogP) is 6.04. The van der Waals surface area contributed by atoms with E-state index in [-0.39, 0.29) is 5.91 Å². The molecule has 1 aliphatic rings. The van der Waals surface area contributed by atoms with Crippen LogP contribution in [-0.4, -0.2) is 58.4 Å². The lowest BCUT2D eigenvalue weighted by molar-refractivity contribution is 0.0954. The van der Waals surface area contributed by atoms with E-state index in [1.807, 2.05) is 79.7 Å². The summed E-state index contributed by atoms with van der Waals surface area (Å²) in [5.74, 6) is 1.25. The number of anilines is 4. The van der Waals surface area contributed by atoms with E-state index in [1.54, 1.807) is 25.3 Å². The zero-order chi connectivity index (χ0) is 30.7. The lowest BCUT2D eigenvalue weighted by atomic mass is 10.1. The van der Waals surface area contributed by atoms with Gasteiger partial charge in [-0.1, -0.05) is 54.6 Å². The molecule has 9 nitrogen and oxygen atoms in total. The number of nitrogens with one attached hydrogen (secondary N) is 3. The summed E-state index contributed by atoms with van der Waals surface area (Å²) in [6.07, 6.45) is 0.721. The predicted molar refractivity (Wildman–Crippen MR) is 177 cm³/mol. The Morgan fingerprint density at radius 2 is 1.41 bits per heavy atom. The maximum atomic E-state index is 13.6. The van der Waals surface area contributed by atoms with Gasteiger partial charge in [0.25, 0.3) is 5.91 Å². The molecular formula is C35H39N5O4. The van der Waals surface area contributed by atoms with Crippen LogP contribution >= 0.6 is 0 Å². The number of urea groups is 1. The van der Waals surface area contributed by atoms with Crippen LogP contribution in [0.3, 0.4) is 0 Å². The molecule has 0 aliphatic carbocycles. The Bertz CT molecular complexity index is 1550. The molecule has 44 heavy (non-hydrogen) atoms. The molecular weight excluding hydrogens is 554 g/mol. The van der Waals surface area contributed by atoms with Gasteiger partial charge in [-0.2, -0.15) is 0 Å². The number of nitrogens with zero attached hydrogens (tertiary/aromatic N) is 2. The fourth-order valence-electron chi connectivity index (χ4n) is 5.35. The summed E-state index contributed by atoms with van der Waals surface area (Å²) in [4.78, 5) is 31.1. The first-order chi connectivity index (χ1) is 21.6. The maximum Gasteiger partial charge on any atom is 0.323 e. The van der Waals surface area contributed by atoms with Crippen molar-refractivity contribution in [1.29, 1.82) is 0 Å². The van der Waals surface area contributed by atoms with Crippen molar-refractivity contribution >= 4 is 34.7 Å². The molecule has 0 bridgehead atoms. The first kappa shape index (κ1) is 30.3. The van der Waals surface area contributed by atoms with E-state index in [0.29, 0.717) is 35.8 Å². The molecule has 0 aromatic heterocycles.